The first-order chi connectivity index (χ1) is 21.1. The van der Waals surface area contributed by atoms with Crippen molar-refractivity contribution in [2.24, 2.45) is 17.8 Å². The van der Waals surface area contributed by atoms with Crippen LogP contribution in [0.25, 0.3) is 22.3 Å². The largest absolute Gasteiger partial charge is 0.0887 e. The number of rotatable bonds is 2. The van der Waals surface area contributed by atoms with Crippen LogP contribution in [0.15, 0.2) is 119 Å². The van der Waals surface area contributed by atoms with Crippen molar-refractivity contribution in [3.63, 3.8) is 0 Å². The molecule has 0 saturated heterocycles. The molecule has 4 bridgehead atoms. The van der Waals surface area contributed by atoms with Gasteiger partial charge in [-0.1, -0.05) is 120 Å². The molecule has 210 valence electrons. The second-order valence-electron chi connectivity index (χ2n) is 14.0. The summed E-state index contributed by atoms with van der Waals surface area (Å²) in [5, 5.41) is 0.836. The van der Waals surface area contributed by atoms with E-state index in [0.29, 0.717) is 5.41 Å². The Bertz CT molecular complexity index is 1870. The third-order valence-electron chi connectivity index (χ3n) is 11.8. The van der Waals surface area contributed by atoms with Gasteiger partial charge in [0.2, 0.25) is 0 Å². The smallest absolute Gasteiger partial charge is 0.0735 e. The Labute approximate surface area is 263 Å². The standard InChI is InChI=1S/C41H33ClS/c42-36-18-17-35-39(38(36)28-13-15-29(16-14-28)40-22-25-19-26(23-40)21-27(20-25)24-40)43-37-12-6-5-11-34(37)41(35)32-9-3-1-7-30(32)31-8-2-4-10-33(31)41/h1-18,25-27H,19-24H2. The molecule has 0 atom stereocenters. The zero-order chi connectivity index (χ0) is 28.3. The summed E-state index contributed by atoms with van der Waals surface area (Å²) in [7, 11) is 0. The molecule has 0 aromatic heterocycles. The van der Waals surface area contributed by atoms with Gasteiger partial charge in [-0.3, -0.25) is 0 Å². The molecule has 11 rings (SSSR count). The van der Waals surface area contributed by atoms with Crippen molar-refractivity contribution in [2.45, 2.75) is 59.1 Å². The molecule has 2 heteroatoms. The summed E-state index contributed by atoms with van der Waals surface area (Å²) in [6, 6.07) is 41.3. The number of benzene rings is 5. The lowest BCUT2D eigenvalue weighted by atomic mass is 9.48. The van der Waals surface area contributed by atoms with E-state index < -0.39 is 0 Å². The third kappa shape index (κ3) is 3.31. The maximum absolute atomic E-state index is 7.20. The highest BCUT2D eigenvalue weighted by atomic mass is 35.5. The molecule has 6 aliphatic rings. The van der Waals surface area contributed by atoms with Gasteiger partial charge in [-0.15, -0.1) is 0 Å². The normalized spacial score (nSPS) is 26.6. The quantitative estimate of drug-likeness (QED) is 0.192. The van der Waals surface area contributed by atoms with E-state index in [1.165, 1.54) is 92.8 Å². The summed E-state index contributed by atoms with van der Waals surface area (Å²) in [6.07, 6.45) is 8.64. The Morgan fingerprint density at radius 3 is 1.74 bits per heavy atom. The van der Waals surface area contributed by atoms with Crippen molar-refractivity contribution in [3.8, 4) is 22.3 Å². The van der Waals surface area contributed by atoms with Gasteiger partial charge in [0.25, 0.3) is 0 Å². The van der Waals surface area contributed by atoms with Gasteiger partial charge >= 0.3 is 0 Å². The number of halogens is 1. The average molecular weight is 593 g/mol. The minimum atomic E-state index is -0.372. The number of fused-ring (bicyclic) bond motifs is 9. The Balaban J connectivity index is 1.18. The number of hydrogen-bond acceptors (Lipinski definition) is 1. The van der Waals surface area contributed by atoms with Crippen molar-refractivity contribution in [1.29, 1.82) is 0 Å². The second kappa shape index (κ2) is 8.90. The van der Waals surface area contributed by atoms with Gasteiger partial charge < -0.3 is 0 Å². The molecule has 0 unspecified atom stereocenters. The SMILES string of the molecule is Clc1ccc2c(c1-c1ccc(C34CC5CC(CC(C5)C3)C4)cc1)Sc1ccccc1C21c2ccccc2-c2ccccc21. The van der Waals surface area contributed by atoms with Crippen molar-refractivity contribution >= 4 is 23.4 Å². The highest BCUT2D eigenvalue weighted by Gasteiger charge is 2.52. The molecule has 0 nitrogen and oxygen atoms in total. The molecular weight excluding hydrogens is 560 g/mol. The van der Waals surface area contributed by atoms with Gasteiger partial charge in [-0.25, -0.2) is 0 Å². The fourth-order valence-electron chi connectivity index (χ4n) is 10.6. The van der Waals surface area contributed by atoms with E-state index in [1.54, 1.807) is 5.56 Å². The Morgan fingerprint density at radius 2 is 1.12 bits per heavy atom. The second-order valence-corrected chi connectivity index (χ2v) is 15.5. The Hall–Kier alpha value is -3.26. The van der Waals surface area contributed by atoms with Crippen LogP contribution in [0.5, 0.6) is 0 Å². The molecule has 5 aliphatic carbocycles. The average Bonchev–Trinajstić information content (AvgIpc) is 3.32. The Kier molecular flexibility index (Phi) is 5.20. The summed E-state index contributed by atoms with van der Waals surface area (Å²) in [5.41, 5.74) is 12.1. The number of hydrogen-bond donors (Lipinski definition) is 0. The molecule has 1 spiro atoms. The van der Waals surface area contributed by atoms with E-state index >= 15 is 0 Å². The maximum atomic E-state index is 7.20. The maximum Gasteiger partial charge on any atom is 0.0735 e. The molecule has 0 amide bonds. The van der Waals surface area contributed by atoms with Gasteiger partial charge in [-0.05, 0) is 118 Å². The van der Waals surface area contributed by atoms with E-state index in [9.17, 15) is 0 Å². The van der Waals surface area contributed by atoms with Crippen LogP contribution in [0, 0.1) is 17.8 Å². The lowest BCUT2D eigenvalue weighted by Gasteiger charge is -2.57. The topological polar surface area (TPSA) is 0 Å². The lowest BCUT2D eigenvalue weighted by molar-refractivity contribution is -0.00518. The van der Waals surface area contributed by atoms with Crippen LogP contribution < -0.4 is 0 Å². The van der Waals surface area contributed by atoms with E-state index in [-0.39, 0.29) is 5.41 Å². The van der Waals surface area contributed by atoms with Gasteiger partial charge in [0, 0.05) is 20.4 Å². The summed E-state index contributed by atoms with van der Waals surface area (Å²) >= 11 is 9.10. The predicted octanol–water partition coefficient (Wildman–Crippen LogP) is 11.3. The van der Waals surface area contributed by atoms with E-state index in [4.69, 9.17) is 11.6 Å². The van der Waals surface area contributed by atoms with Crippen LogP contribution >= 0.6 is 23.4 Å². The highest BCUT2D eigenvalue weighted by molar-refractivity contribution is 7.99. The van der Waals surface area contributed by atoms with Gasteiger partial charge in [-0.2, -0.15) is 0 Å². The minimum Gasteiger partial charge on any atom is -0.0887 e. The fraction of sp³-hybridized carbons (Fsp3) is 0.268. The van der Waals surface area contributed by atoms with Crippen LogP contribution in [0.2, 0.25) is 5.02 Å². The van der Waals surface area contributed by atoms with E-state index in [0.717, 1.165) is 22.8 Å². The summed E-state index contributed by atoms with van der Waals surface area (Å²) < 4.78 is 0. The van der Waals surface area contributed by atoms with Gasteiger partial charge in [0.05, 0.1) is 5.41 Å². The molecule has 1 heterocycles. The van der Waals surface area contributed by atoms with Crippen LogP contribution in [0.3, 0.4) is 0 Å². The van der Waals surface area contributed by atoms with E-state index in [1.807, 2.05) is 11.8 Å². The van der Waals surface area contributed by atoms with Gasteiger partial charge in [0.1, 0.15) is 0 Å². The Morgan fingerprint density at radius 1 is 0.558 bits per heavy atom. The zero-order valence-electron chi connectivity index (χ0n) is 24.2. The molecule has 0 radical (unpaired) electrons. The molecule has 1 aliphatic heterocycles. The molecule has 5 aromatic rings. The molecule has 4 fully saturated rings. The van der Waals surface area contributed by atoms with Gasteiger partial charge in [0.15, 0.2) is 0 Å². The van der Waals surface area contributed by atoms with Crippen LogP contribution in [-0.4, -0.2) is 0 Å². The molecule has 4 saturated carbocycles. The monoisotopic (exact) mass is 592 g/mol. The summed E-state index contributed by atoms with van der Waals surface area (Å²) in [5.74, 6) is 2.85. The summed E-state index contributed by atoms with van der Waals surface area (Å²) in [4.78, 5) is 2.61. The third-order valence-corrected chi connectivity index (χ3v) is 13.3. The molecule has 43 heavy (non-hydrogen) atoms. The fourth-order valence-corrected chi connectivity index (χ4v) is 12.3. The minimum absolute atomic E-state index is 0.372. The first-order valence-electron chi connectivity index (χ1n) is 16.0. The lowest BCUT2D eigenvalue weighted by Crippen LogP contribution is -2.48. The molecule has 0 N–H and O–H groups in total. The van der Waals surface area contributed by atoms with Crippen molar-refractivity contribution in [1.82, 2.24) is 0 Å². The van der Waals surface area contributed by atoms with Crippen molar-refractivity contribution in [2.75, 3.05) is 0 Å². The first-order valence-corrected chi connectivity index (χ1v) is 17.2. The van der Waals surface area contributed by atoms with E-state index in [2.05, 4.69) is 109 Å². The molecular formula is C41H33ClS. The van der Waals surface area contributed by atoms with Crippen molar-refractivity contribution < 1.29 is 0 Å². The van der Waals surface area contributed by atoms with Crippen molar-refractivity contribution in [3.05, 3.63) is 142 Å². The van der Waals surface area contributed by atoms with Crippen LogP contribution in [-0.2, 0) is 10.8 Å². The first kappa shape index (κ1) is 25.1. The highest BCUT2D eigenvalue weighted by Crippen LogP contribution is 2.64. The zero-order valence-corrected chi connectivity index (χ0v) is 25.7. The van der Waals surface area contributed by atoms with Crippen LogP contribution in [0.1, 0.15) is 66.3 Å². The summed E-state index contributed by atoms with van der Waals surface area (Å²) in [6.45, 7) is 0. The predicted molar refractivity (Wildman–Crippen MR) is 178 cm³/mol. The van der Waals surface area contributed by atoms with Crippen LogP contribution in [0.4, 0.5) is 0 Å². The molecule has 5 aromatic carbocycles.